The highest BCUT2D eigenvalue weighted by Crippen LogP contribution is 2.30. The molecule has 5 rings (SSSR count). The van der Waals surface area contributed by atoms with E-state index in [2.05, 4.69) is 15.2 Å². The lowest BCUT2D eigenvalue weighted by Crippen LogP contribution is -2.44. The van der Waals surface area contributed by atoms with Crippen molar-refractivity contribution in [2.75, 3.05) is 18.0 Å². The van der Waals surface area contributed by atoms with Crippen LogP contribution in [0.4, 0.5) is 5.82 Å². The van der Waals surface area contributed by atoms with E-state index in [1.54, 1.807) is 0 Å². The van der Waals surface area contributed by atoms with Gasteiger partial charge in [-0.2, -0.15) is 0 Å². The van der Waals surface area contributed by atoms with Crippen molar-refractivity contribution in [2.24, 2.45) is 0 Å². The van der Waals surface area contributed by atoms with Crippen molar-refractivity contribution in [3.63, 3.8) is 0 Å². The van der Waals surface area contributed by atoms with Gasteiger partial charge in [0.2, 0.25) is 0 Å². The Kier molecular flexibility index (Phi) is 2.38. The number of nitrogens with one attached hydrogen (secondary N) is 2. The molecule has 4 heterocycles. The van der Waals surface area contributed by atoms with Crippen molar-refractivity contribution in [3.05, 3.63) is 46.8 Å². The molecule has 0 radical (unpaired) electrons. The number of rotatable bonds is 1. The molecule has 22 heavy (non-hydrogen) atoms. The monoisotopic (exact) mass is 292 g/mol. The van der Waals surface area contributed by atoms with Gasteiger partial charge in [-0.15, -0.1) is 0 Å². The second kappa shape index (κ2) is 4.30. The van der Waals surface area contributed by atoms with Crippen LogP contribution in [0.1, 0.15) is 6.42 Å². The first-order valence-corrected chi connectivity index (χ1v) is 7.71. The number of aromatic amines is 1. The van der Waals surface area contributed by atoms with Gasteiger partial charge in [0.15, 0.2) is 0 Å². The standard InChI is InChI=1S/C17H16N4O/c22-17-13-4-2-1-3-12(13)16-14(19-17)5-6-15(20-16)21-9-10-7-11(21)8-18-10/h1-6,10-11,18H,7-9H2,(H,19,22). The molecule has 2 fully saturated rings. The fraction of sp³-hybridized carbons (Fsp3) is 0.294. The maximum atomic E-state index is 12.1. The molecule has 5 nitrogen and oxygen atoms in total. The summed E-state index contributed by atoms with van der Waals surface area (Å²) in [7, 11) is 0. The van der Waals surface area contributed by atoms with Crippen LogP contribution in [-0.2, 0) is 0 Å². The number of benzene rings is 1. The SMILES string of the molecule is O=c1[nH]c2ccc(N3CC4CC3CN4)nc2c2ccccc12. The minimum absolute atomic E-state index is 0.0536. The summed E-state index contributed by atoms with van der Waals surface area (Å²) in [6.07, 6.45) is 1.20. The zero-order valence-corrected chi connectivity index (χ0v) is 12.0. The molecule has 2 bridgehead atoms. The molecule has 0 amide bonds. The molecule has 2 aliphatic heterocycles. The predicted octanol–water partition coefficient (Wildman–Crippen LogP) is 1.63. The van der Waals surface area contributed by atoms with Gasteiger partial charge >= 0.3 is 0 Å². The van der Waals surface area contributed by atoms with Gasteiger partial charge < -0.3 is 15.2 Å². The van der Waals surface area contributed by atoms with E-state index in [0.717, 1.165) is 35.3 Å². The number of hydrogen-bond acceptors (Lipinski definition) is 4. The second-order valence-corrected chi connectivity index (χ2v) is 6.21. The maximum absolute atomic E-state index is 12.1. The van der Waals surface area contributed by atoms with Crippen LogP contribution in [0.5, 0.6) is 0 Å². The predicted molar refractivity (Wildman–Crippen MR) is 87.4 cm³/mol. The first kappa shape index (κ1) is 12.2. The van der Waals surface area contributed by atoms with E-state index in [1.807, 2.05) is 36.4 Å². The Morgan fingerprint density at radius 3 is 2.77 bits per heavy atom. The molecule has 5 heteroatoms. The Morgan fingerprint density at radius 1 is 1.14 bits per heavy atom. The lowest BCUT2D eigenvalue weighted by Gasteiger charge is -2.28. The first-order chi connectivity index (χ1) is 10.8. The lowest BCUT2D eigenvalue weighted by atomic mass is 10.1. The molecule has 2 aromatic heterocycles. The van der Waals surface area contributed by atoms with E-state index < -0.39 is 0 Å². The maximum Gasteiger partial charge on any atom is 0.256 e. The smallest absolute Gasteiger partial charge is 0.256 e. The van der Waals surface area contributed by atoms with E-state index in [4.69, 9.17) is 4.98 Å². The number of anilines is 1. The molecule has 2 aliphatic rings. The summed E-state index contributed by atoms with van der Waals surface area (Å²) >= 11 is 0. The molecule has 0 saturated carbocycles. The summed E-state index contributed by atoms with van der Waals surface area (Å²) in [6, 6.07) is 12.8. The Labute approximate surface area is 127 Å². The second-order valence-electron chi connectivity index (χ2n) is 6.21. The van der Waals surface area contributed by atoms with Gasteiger partial charge in [-0.05, 0) is 24.6 Å². The van der Waals surface area contributed by atoms with Crippen LogP contribution >= 0.6 is 0 Å². The number of nitrogens with zero attached hydrogens (tertiary/aromatic N) is 2. The molecular weight excluding hydrogens is 276 g/mol. The highest BCUT2D eigenvalue weighted by atomic mass is 16.1. The van der Waals surface area contributed by atoms with Crippen molar-refractivity contribution < 1.29 is 0 Å². The summed E-state index contributed by atoms with van der Waals surface area (Å²) in [5.41, 5.74) is 1.63. The number of fused-ring (bicyclic) bond motifs is 5. The average molecular weight is 292 g/mol. The number of piperazine rings is 1. The lowest BCUT2D eigenvalue weighted by molar-refractivity contribution is 0.577. The van der Waals surface area contributed by atoms with Crippen molar-refractivity contribution >= 4 is 27.6 Å². The number of hydrogen-bond donors (Lipinski definition) is 2. The Balaban J connectivity index is 1.74. The molecule has 2 atom stereocenters. The van der Waals surface area contributed by atoms with E-state index >= 15 is 0 Å². The van der Waals surface area contributed by atoms with Crippen LogP contribution in [0.15, 0.2) is 41.2 Å². The number of aromatic nitrogens is 2. The van der Waals surface area contributed by atoms with Crippen LogP contribution in [0.25, 0.3) is 21.8 Å². The molecule has 2 unspecified atom stereocenters. The largest absolute Gasteiger partial charge is 0.351 e. The molecule has 2 saturated heterocycles. The van der Waals surface area contributed by atoms with Crippen molar-refractivity contribution in [1.29, 1.82) is 0 Å². The van der Waals surface area contributed by atoms with Gasteiger partial charge in [-0.1, -0.05) is 18.2 Å². The summed E-state index contributed by atoms with van der Waals surface area (Å²) in [5.74, 6) is 1.01. The Hall–Kier alpha value is -2.40. The van der Waals surface area contributed by atoms with E-state index in [0.29, 0.717) is 17.5 Å². The van der Waals surface area contributed by atoms with Crippen LogP contribution in [0, 0.1) is 0 Å². The minimum atomic E-state index is -0.0536. The van der Waals surface area contributed by atoms with Crippen molar-refractivity contribution in [2.45, 2.75) is 18.5 Å². The summed E-state index contributed by atoms with van der Waals surface area (Å²) in [5, 5.41) is 5.13. The fourth-order valence-electron chi connectivity index (χ4n) is 3.83. The summed E-state index contributed by atoms with van der Waals surface area (Å²) in [6.45, 7) is 2.06. The molecule has 110 valence electrons. The molecule has 3 aromatic rings. The molecule has 1 aromatic carbocycles. The Morgan fingerprint density at radius 2 is 2.00 bits per heavy atom. The third-order valence-corrected chi connectivity index (χ3v) is 4.91. The van der Waals surface area contributed by atoms with Crippen LogP contribution in [0.2, 0.25) is 0 Å². The summed E-state index contributed by atoms with van der Waals surface area (Å²) in [4.78, 5) is 22.3. The van der Waals surface area contributed by atoms with Crippen LogP contribution < -0.4 is 15.8 Å². The fourth-order valence-corrected chi connectivity index (χ4v) is 3.83. The van der Waals surface area contributed by atoms with E-state index in [9.17, 15) is 4.79 Å². The highest BCUT2D eigenvalue weighted by molar-refractivity contribution is 6.03. The van der Waals surface area contributed by atoms with E-state index in [-0.39, 0.29) is 5.56 Å². The first-order valence-electron chi connectivity index (χ1n) is 7.71. The topological polar surface area (TPSA) is 61.0 Å². The van der Waals surface area contributed by atoms with Crippen LogP contribution in [-0.4, -0.2) is 35.1 Å². The zero-order valence-electron chi connectivity index (χ0n) is 12.0. The quantitative estimate of drug-likeness (QED) is 0.669. The molecule has 0 aliphatic carbocycles. The molecule has 0 spiro atoms. The minimum Gasteiger partial charge on any atom is -0.351 e. The van der Waals surface area contributed by atoms with Crippen LogP contribution in [0.3, 0.4) is 0 Å². The van der Waals surface area contributed by atoms with Gasteiger partial charge in [0.1, 0.15) is 5.82 Å². The zero-order chi connectivity index (χ0) is 14.7. The number of H-pyrrole nitrogens is 1. The van der Waals surface area contributed by atoms with Gasteiger partial charge in [-0.3, -0.25) is 4.79 Å². The van der Waals surface area contributed by atoms with E-state index in [1.165, 1.54) is 6.42 Å². The average Bonchev–Trinajstić information content (AvgIpc) is 3.18. The van der Waals surface area contributed by atoms with Gasteiger partial charge in [-0.25, -0.2) is 4.98 Å². The Bertz CT molecular complexity index is 948. The van der Waals surface area contributed by atoms with Gasteiger partial charge in [0, 0.05) is 35.9 Å². The molecule has 2 N–H and O–H groups in total. The third kappa shape index (κ3) is 1.63. The van der Waals surface area contributed by atoms with Gasteiger partial charge in [0.05, 0.1) is 11.0 Å². The normalized spacial score (nSPS) is 23.7. The highest BCUT2D eigenvalue weighted by Gasteiger charge is 2.38. The van der Waals surface area contributed by atoms with Gasteiger partial charge in [0.25, 0.3) is 5.56 Å². The van der Waals surface area contributed by atoms with Crippen molar-refractivity contribution in [3.8, 4) is 0 Å². The summed E-state index contributed by atoms with van der Waals surface area (Å²) < 4.78 is 0. The number of pyridine rings is 2. The van der Waals surface area contributed by atoms with Crippen molar-refractivity contribution in [1.82, 2.24) is 15.3 Å². The molecular formula is C17H16N4O. The third-order valence-electron chi connectivity index (χ3n) is 4.91.